The first-order valence-electron chi connectivity index (χ1n) is 4.97. The minimum atomic E-state index is -0.782. The van der Waals surface area contributed by atoms with Gasteiger partial charge in [-0.2, -0.15) is 0 Å². The molecule has 80 valence electrons. The lowest BCUT2D eigenvalue weighted by Crippen LogP contribution is -2.51. The molecule has 0 spiro atoms. The van der Waals surface area contributed by atoms with Crippen molar-refractivity contribution in [2.75, 3.05) is 6.54 Å². The molecule has 14 heavy (non-hydrogen) atoms. The number of primary amides is 1. The Morgan fingerprint density at radius 1 is 1.57 bits per heavy atom. The number of piperidine rings is 1. The van der Waals surface area contributed by atoms with Crippen LogP contribution in [0, 0.1) is 5.92 Å². The molecule has 0 bridgehead atoms. The highest BCUT2D eigenvalue weighted by Gasteiger charge is 2.26. The van der Waals surface area contributed by atoms with Crippen molar-refractivity contribution in [3.05, 3.63) is 0 Å². The zero-order valence-electron chi connectivity index (χ0n) is 8.38. The number of urea groups is 1. The summed E-state index contributed by atoms with van der Waals surface area (Å²) in [4.78, 5) is 21.9. The molecule has 2 unspecified atom stereocenters. The van der Waals surface area contributed by atoms with E-state index >= 15 is 0 Å². The van der Waals surface area contributed by atoms with E-state index in [1.54, 1.807) is 0 Å². The van der Waals surface area contributed by atoms with Gasteiger partial charge in [-0.3, -0.25) is 10.1 Å². The van der Waals surface area contributed by atoms with Gasteiger partial charge in [-0.15, -0.1) is 0 Å². The van der Waals surface area contributed by atoms with E-state index in [0.29, 0.717) is 5.92 Å². The Bertz CT molecular complexity index is 230. The lowest BCUT2D eigenvalue weighted by Gasteiger charge is -2.28. The van der Waals surface area contributed by atoms with Crippen molar-refractivity contribution in [1.82, 2.24) is 10.6 Å². The number of rotatable bonds is 2. The molecule has 1 saturated heterocycles. The number of hydrogen-bond donors (Lipinski definition) is 3. The first-order chi connectivity index (χ1) is 6.63. The molecular formula is C9H17N3O2. The average molecular weight is 199 g/mol. The highest BCUT2D eigenvalue weighted by atomic mass is 16.2. The number of imide groups is 1. The number of amides is 3. The van der Waals surface area contributed by atoms with E-state index < -0.39 is 6.03 Å². The van der Waals surface area contributed by atoms with E-state index in [9.17, 15) is 9.59 Å². The summed E-state index contributed by atoms with van der Waals surface area (Å²) in [5, 5.41) is 5.16. The van der Waals surface area contributed by atoms with Crippen molar-refractivity contribution < 1.29 is 9.59 Å². The minimum absolute atomic E-state index is 0.263. The summed E-state index contributed by atoms with van der Waals surface area (Å²) in [7, 11) is 0. The first-order valence-corrected chi connectivity index (χ1v) is 4.97. The van der Waals surface area contributed by atoms with Crippen molar-refractivity contribution in [1.29, 1.82) is 0 Å². The normalized spacial score (nSPS) is 26.9. The van der Waals surface area contributed by atoms with Crippen LogP contribution < -0.4 is 16.4 Å². The van der Waals surface area contributed by atoms with Crippen LogP contribution in [-0.2, 0) is 4.79 Å². The van der Waals surface area contributed by atoms with E-state index in [1.165, 1.54) is 0 Å². The van der Waals surface area contributed by atoms with Crippen LogP contribution in [0.15, 0.2) is 0 Å². The molecule has 0 aromatic rings. The lowest BCUT2D eigenvalue weighted by atomic mass is 9.90. The molecule has 1 aliphatic heterocycles. The molecular weight excluding hydrogens is 182 g/mol. The largest absolute Gasteiger partial charge is 0.351 e. The Morgan fingerprint density at radius 2 is 2.29 bits per heavy atom. The molecule has 3 amide bonds. The number of nitrogens with two attached hydrogens (primary N) is 1. The predicted molar refractivity (Wildman–Crippen MR) is 52.5 cm³/mol. The molecule has 0 radical (unpaired) electrons. The molecule has 0 aromatic heterocycles. The van der Waals surface area contributed by atoms with Gasteiger partial charge in [0, 0.05) is 0 Å². The fourth-order valence-corrected chi connectivity index (χ4v) is 1.78. The van der Waals surface area contributed by atoms with Crippen LogP contribution in [0.2, 0.25) is 0 Å². The van der Waals surface area contributed by atoms with Crippen LogP contribution in [0.25, 0.3) is 0 Å². The van der Waals surface area contributed by atoms with Gasteiger partial charge in [-0.1, -0.05) is 13.3 Å². The van der Waals surface area contributed by atoms with Gasteiger partial charge in [0.15, 0.2) is 0 Å². The maximum atomic E-state index is 11.4. The van der Waals surface area contributed by atoms with E-state index in [0.717, 1.165) is 25.8 Å². The van der Waals surface area contributed by atoms with Crippen LogP contribution in [0.1, 0.15) is 26.2 Å². The van der Waals surface area contributed by atoms with Gasteiger partial charge in [0.2, 0.25) is 5.91 Å². The maximum Gasteiger partial charge on any atom is 0.318 e. The standard InChI is InChI=1S/C9H17N3O2/c1-2-6-3-4-11-7(5-6)8(13)12-9(10)14/h6-7,11H,2-5H2,1H3,(H3,10,12,13,14). The molecule has 5 heteroatoms. The number of nitrogens with one attached hydrogen (secondary N) is 2. The van der Waals surface area contributed by atoms with E-state index in [1.807, 2.05) is 0 Å². The summed E-state index contributed by atoms with van der Waals surface area (Å²) < 4.78 is 0. The summed E-state index contributed by atoms with van der Waals surface area (Å²) in [6.45, 7) is 2.94. The monoisotopic (exact) mass is 199 g/mol. The van der Waals surface area contributed by atoms with Crippen molar-refractivity contribution >= 4 is 11.9 Å². The molecule has 1 aliphatic rings. The van der Waals surface area contributed by atoms with Crippen LogP contribution in [0.3, 0.4) is 0 Å². The summed E-state index contributed by atoms with van der Waals surface area (Å²) in [6.07, 6.45) is 2.95. The predicted octanol–water partition coefficient (Wildman–Crippen LogP) is -0.0405. The topological polar surface area (TPSA) is 84.2 Å². The molecule has 2 atom stereocenters. The smallest absolute Gasteiger partial charge is 0.318 e. The minimum Gasteiger partial charge on any atom is -0.351 e. The van der Waals surface area contributed by atoms with Gasteiger partial charge in [-0.25, -0.2) is 4.79 Å². The van der Waals surface area contributed by atoms with Gasteiger partial charge < -0.3 is 11.1 Å². The summed E-state index contributed by atoms with van der Waals surface area (Å²) in [5.74, 6) is 0.260. The zero-order valence-corrected chi connectivity index (χ0v) is 8.38. The molecule has 0 aliphatic carbocycles. The third kappa shape index (κ3) is 2.99. The number of carbonyl (C=O) groups excluding carboxylic acids is 2. The van der Waals surface area contributed by atoms with Crippen LogP contribution in [-0.4, -0.2) is 24.5 Å². The molecule has 1 heterocycles. The van der Waals surface area contributed by atoms with Crippen LogP contribution in [0.4, 0.5) is 4.79 Å². The second kappa shape index (κ2) is 4.95. The SMILES string of the molecule is CCC1CCNC(C(=O)NC(N)=O)C1. The highest BCUT2D eigenvalue weighted by molar-refractivity contribution is 5.96. The Hall–Kier alpha value is -1.10. The van der Waals surface area contributed by atoms with Crippen molar-refractivity contribution in [3.8, 4) is 0 Å². The fourth-order valence-electron chi connectivity index (χ4n) is 1.78. The van der Waals surface area contributed by atoms with Gasteiger partial charge in [0.1, 0.15) is 0 Å². The third-order valence-electron chi connectivity index (χ3n) is 2.65. The van der Waals surface area contributed by atoms with Crippen LogP contribution >= 0.6 is 0 Å². The molecule has 5 nitrogen and oxygen atoms in total. The highest BCUT2D eigenvalue weighted by Crippen LogP contribution is 2.19. The summed E-state index contributed by atoms with van der Waals surface area (Å²) in [6, 6.07) is -1.04. The Balaban J connectivity index is 2.43. The van der Waals surface area contributed by atoms with Crippen LogP contribution in [0.5, 0.6) is 0 Å². The molecule has 1 fully saturated rings. The summed E-state index contributed by atoms with van der Waals surface area (Å²) >= 11 is 0. The average Bonchev–Trinajstić information content (AvgIpc) is 2.17. The first kappa shape index (κ1) is 11.0. The molecule has 0 saturated carbocycles. The van der Waals surface area contributed by atoms with Crippen molar-refractivity contribution in [3.63, 3.8) is 0 Å². The number of hydrogen-bond acceptors (Lipinski definition) is 3. The quantitative estimate of drug-likeness (QED) is 0.583. The third-order valence-corrected chi connectivity index (χ3v) is 2.65. The maximum absolute atomic E-state index is 11.4. The van der Waals surface area contributed by atoms with E-state index in [2.05, 4.69) is 17.6 Å². The molecule has 1 rings (SSSR count). The second-order valence-electron chi connectivity index (χ2n) is 3.66. The molecule has 0 aromatic carbocycles. The van der Waals surface area contributed by atoms with Gasteiger partial charge >= 0.3 is 6.03 Å². The van der Waals surface area contributed by atoms with Gasteiger partial charge in [-0.05, 0) is 25.3 Å². The van der Waals surface area contributed by atoms with E-state index in [4.69, 9.17) is 5.73 Å². The fraction of sp³-hybridized carbons (Fsp3) is 0.778. The zero-order chi connectivity index (χ0) is 10.6. The Morgan fingerprint density at radius 3 is 2.86 bits per heavy atom. The number of carbonyl (C=O) groups is 2. The van der Waals surface area contributed by atoms with E-state index in [-0.39, 0.29) is 11.9 Å². The second-order valence-corrected chi connectivity index (χ2v) is 3.66. The van der Waals surface area contributed by atoms with Crippen molar-refractivity contribution in [2.45, 2.75) is 32.2 Å². The van der Waals surface area contributed by atoms with Gasteiger partial charge in [0.05, 0.1) is 6.04 Å². The van der Waals surface area contributed by atoms with Crippen molar-refractivity contribution in [2.24, 2.45) is 11.7 Å². The molecule has 4 N–H and O–H groups in total. The lowest BCUT2D eigenvalue weighted by molar-refractivity contribution is -0.122. The Kier molecular flexibility index (Phi) is 3.88. The summed E-state index contributed by atoms with van der Waals surface area (Å²) in [5.41, 5.74) is 4.87. The Labute approximate surface area is 83.4 Å². The van der Waals surface area contributed by atoms with Gasteiger partial charge in [0.25, 0.3) is 0 Å².